The molecule has 0 saturated carbocycles. The molecular weight excluding hydrogens is 260 g/mol. The van der Waals surface area contributed by atoms with Crippen LogP contribution in [0.4, 0.5) is 0 Å². The second kappa shape index (κ2) is 5.90. The fraction of sp³-hybridized carbons (Fsp3) is 0.500. The fourth-order valence-corrected chi connectivity index (χ4v) is 2.49. The van der Waals surface area contributed by atoms with E-state index in [1.165, 1.54) is 4.90 Å². The molecule has 2 N–H and O–H groups in total. The Morgan fingerprint density at radius 1 is 1.40 bits per heavy atom. The number of carbonyl (C=O) groups is 2. The van der Waals surface area contributed by atoms with Gasteiger partial charge in [-0.15, -0.1) is 0 Å². The van der Waals surface area contributed by atoms with Crippen molar-refractivity contribution in [3.8, 4) is 0 Å². The number of H-pyrrole nitrogens is 1. The van der Waals surface area contributed by atoms with Gasteiger partial charge in [-0.25, -0.2) is 4.79 Å². The predicted molar refractivity (Wildman–Crippen MR) is 72.5 cm³/mol. The minimum atomic E-state index is -0.976. The topological polar surface area (TPSA) is 90.5 Å². The van der Waals surface area contributed by atoms with Crippen LogP contribution >= 0.6 is 0 Å². The van der Waals surface area contributed by atoms with Crippen molar-refractivity contribution in [3.05, 3.63) is 33.7 Å². The molecular formula is C14H18N2O4. The number of hydrogen-bond acceptors (Lipinski definition) is 3. The van der Waals surface area contributed by atoms with Crippen molar-refractivity contribution in [1.29, 1.82) is 0 Å². The van der Waals surface area contributed by atoms with Gasteiger partial charge in [0.15, 0.2) is 0 Å². The first kappa shape index (κ1) is 14.3. The zero-order valence-corrected chi connectivity index (χ0v) is 11.4. The Labute approximate surface area is 116 Å². The number of aromatic nitrogens is 1. The number of nitrogens with zero attached hydrogens (tertiary/aromatic N) is 1. The van der Waals surface area contributed by atoms with Gasteiger partial charge in [-0.1, -0.05) is 6.07 Å². The summed E-state index contributed by atoms with van der Waals surface area (Å²) in [7, 11) is 0. The van der Waals surface area contributed by atoms with Gasteiger partial charge in [-0.05, 0) is 32.3 Å². The standard InChI is InChI=1S/C14H18N2O4/c1-9-5-6-10(13(18)15-9)8-12(17)16-7-3-2-4-11(16)14(19)20/h5-6,11H,2-4,7-8H2,1H3,(H,15,18)(H,19,20)/t11-/m1/s1. The molecule has 6 heteroatoms. The fourth-order valence-electron chi connectivity index (χ4n) is 2.49. The Bertz CT molecular complexity index is 579. The first-order valence-electron chi connectivity index (χ1n) is 6.70. The summed E-state index contributed by atoms with van der Waals surface area (Å²) in [6.45, 7) is 2.21. The summed E-state index contributed by atoms with van der Waals surface area (Å²) in [5, 5.41) is 9.15. The van der Waals surface area contributed by atoms with Crippen LogP contribution in [0.5, 0.6) is 0 Å². The van der Waals surface area contributed by atoms with Crippen molar-refractivity contribution in [2.24, 2.45) is 0 Å². The maximum absolute atomic E-state index is 12.2. The molecule has 0 unspecified atom stereocenters. The number of hydrogen-bond donors (Lipinski definition) is 2. The molecule has 0 aromatic carbocycles. The van der Waals surface area contributed by atoms with Crippen LogP contribution in [0, 0.1) is 6.92 Å². The van der Waals surface area contributed by atoms with Crippen LogP contribution < -0.4 is 5.56 Å². The van der Waals surface area contributed by atoms with E-state index < -0.39 is 12.0 Å². The molecule has 0 aliphatic carbocycles. The number of aryl methyl sites for hydroxylation is 1. The normalized spacial score (nSPS) is 18.9. The van der Waals surface area contributed by atoms with Crippen molar-refractivity contribution in [1.82, 2.24) is 9.88 Å². The number of aromatic amines is 1. The van der Waals surface area contributed by atoms with E-state index in [0.717, 1.165) is 18.5 Å². The van der Waals surface area contributed by atoms with E-state index in [-0.39, 0.29) is 17.9 Å². The van der Waals surface area contributed by atoms with Crippen LogP contribution in [0.15, 0.2) is 16.9 Å². The lowest BCUT2D eigenvalue weighted by molar-refractivity contribution is -0.151. The Kier molecular flexibility index (Phi) is 4.22. The number of carboxylic acid groups (broad SMARTS) is 1. The molecule has 0 radical (unpaired) electrons. The molecule has 1 aromatic rings. The molecule has 6 nitrogen and oxygen atoms in total. The van der Waals surface area contributed by atoms with Crippen LogP contribution in [-0.2, 0) is 16.0 Å². The zero-order chi connectivity index (χ0) is 14.7. The quantitative estimate of drug-likeness (QED) is 0.851. The van der Waals surface area contributed by atoms with Gasteiger partial charge in [0.2, 0.25) is 5.91 Å². The molecule has 20 heavy (non-hydrogen) atoms. The lowest BCUT2D eigenvalue weighted by Gasteiger charge is -2.33. The van der Waals surface area contributed by atoms with Crippen LogP contribution in [-0.4, -0.2) is 39.5 Å². The molecule has 2 heterocycles. The average Bonchev–Trinajstić information content (AvgIpc) is 2.41. The molecule has 1 aliphatic rings. The van der Waals surface area contributed by atoms with Gasteiger partial charge in [-0.2, -0.15) is 0 Å². The summed E-state index contributed by atoms with van der Waals surface area (Å²) in [6, 6.07) is 2.58. The van der Waals surface area contributed by atoms with Gasteiger partial charge in [0.1, 0.15) is 6.04 Å². The van der Waals surface area contributed by atoms with E-state index >= 15 is 0 Å². The van der Waals surface area contributed by atoms with Gasteiger partial charge in [0.05, 0.1) is 6.42 Å². The second-order valence-corrected chi connectivity index (χ2v) is 5.11. The molecule has 1 amide bonds. The van der Waals surface area contributed by atoms with Crippen molar-refractivity contribution < 1.29 is 14.7 Å². The molecule has 0 bridgehead atoms. The highest BCUT2D eigenvalue weighted by atomic mass is 16.4. The lowest BCUT2D eigenvalue weighted by Crippen LogP contribution is -2.48. The van der Waals surface area contributed by atoms with Gasteiger partial charge < -0.3 is 15.0 Å². The van der Waals surface area contributed by atoms with E-state index in [0.29, 0.717) is 18.5 Å². The van der Waals surface area contributed by atoms with E-state index in [4.69, 9.17) is 5.11 Å². The lowest BCUT2D eigenvalue weighted by atomic mass is 10.0. The van der Waals surface area contributed by atoms with Crippen molar-refractivity contribution >= 4 is 11.9 Å². The molecule has 108 valence electrons. The van der Waals surface area contributed by atoms with E-state index in [2.05, 4.69) is 4.98 Å². The number of carbonyl (C=O) groups excluding carboxylic acids is 1. The monoisotopic (exact) mass is 278 g/mol. The Hall–Kier alpha value is -2.11. The third-order valence-corrected chi connectivity index (χ3v) is 3.59. The number of pyridine rings is 1. The van der Waals surface area contributed by atoms with Gasteiger partial charge in [-0.3, -0.25) is 9.59 Å². The number of likely N-dealkylation sites (tertiary alicyclic amines) is 1. The number of amides is 1. The van der Waals surface area contributed by atoms with Crippen LogP contribution in [0.25, 0.3) is 0 Å². The van der Waals surface area contributed by atoms with Gasteiger partial charge in [0, 0.05) is 17.8 Å². The van der Waals surface area contributed by atoms with E-state index in [9.17, 15) is 14.4 Å². The van der Waals surface area contributed by atoms with Crippen molar-refractivity contribution in [2.45, 2.75) is 38.6 Å². The van der Waals surface area contributed by atoms with Crippen molar-refractivity contribution in [2.75, 3.05) is 6.54 Å². The maximum atomic E-state index is 12.2. The largest absolute Gasteiger partial charge is 0.480 e. The Morgan fingerprint density at radius 2 is 2.15 bits per heavy atom. The first-order valence-corrected chi connectivity index (χ1v) is 6.70. The predicted octanol–water partition coefficient (Wildman–Crippen LogP) is 0.692. The third-order valence-electron chi connectivity index (χ3n) is 3.59. The molecule has 1 fully saturated rings. The maximum Gasteiger partial charge on any atom is 0.326 e. The van der Waals surface area contributed by atoms with E-state index in [1.807, 2.05) is 0 Å². The Balaban J connectivity index is 2.14. The number of carboxylic acids is 1. The highest BCUT2D eigenvalue weighted by molar-refractivity contribution is 5.85. The number of aliphatic carboxylic acids is 1. The van der Waals surface area contributed by atoms with Crippen LogP contribution in [0.2, 0.25) is 0 Å². The molecule has 1 aliphatic heterocycles. The summed E-state index contributed by atoms with van der Waals surface area (Å²) in [5.74, 6) is -1.28. The highest BCUT2D eigenvalue weighted by Crippen LogP contribution is 2.18. The third kappa shape index (κ3) is 3.07. The van der Waals surface area contributed by atoms with Gasteiger partial charge >= 0.3 is 5.97 Å². The first-order chi connectivity index (χ1) is 9.49. The van der Waals surface area contributed by atoms with Crippen LogP contribution in [0.1, 0.15) is 30.5 Å². The summed E-state index contributed by atoms with van der Waals surface area (Å²) in [6.07, 6.45) is 2.04. The number of rotatable bonds is 3. The zero-order valence-electron chi connectivity index (χ0n) is 11.4. The minimum absolute atomic E-state index is 0.0562. The van der Waals surface area contributed by atoms with E-state index in [1.54, 1.807) is 19.1 Å². The molecule has 0 spiro atoms. The van der Waals surface area contributed by atoms with Gasteiger partial charge in [0.25, 0.3) is 5.56 Å². The highest BCUT2D eigenvalue weighted by Gasteiger charge is 2.31. The number of piperidine rings is 1. The average molecular weight is 278 g/mol. The van der Waals surface area contributed by atoms with Crippen LogP contribution in [0.3, 0.4) is 0 Å². The molecule has 1 saturated heterocycles. The summed E-state index contributed by atoms with van der Waals surface area (Å²) >= 11 is 0. The smallest absolute Gasteiger partial charge is 0.326 e. The summed E-state index contributed by atoms with van der Waals surface area (Å²) in [4.78, 5) is 39.2. The molecule has 1 atom stereocenters. The Morgan fingerprint density at radius 3 is 2.80 bits per heavy atom. The summed E-state index contributed by atoms with van der Waals surface area (Å²) < 4.78 is 0. The number of nitrogens with one attached hydrogen (secondary N) is 1. The van der Waals surface area contributed by atoms with Crippen molar-refractivity contribution in [3.63, 3.8) is 0 Å². The summed E-state index contributed by atoms with van der Waals surface area (Å²) in [5.41, 5.74) is 0.810. The molecule has 1 aromatic heterocycles. The SMILES string of the molecule is Cc1ccc(CC(=O)N2CCCC[C@@H]2C(=O)O)c(=O)[nH]1. The second-order valence-electron chi connectivity index (χ2n) is 5.11. The minimum Gasteiger partial charge on any atom is -0.480 e. The molecule has 2 rings (SSSR count).